The number of rotatable bonds is 9. The summed E-state index contributed by atoms with van der Waals surface area (Å²) in [5, 5.41) is 11.3. The van der Waals surface area contributed by atoms with E-state index in [-0.39, 0.29) is 5.75 Å². The molecule has 0 spiro atoms. The lowest BCUT2D eigenvalue weighted by molar-refractivity contribution is -0.385. The van der Waals surface area contributed by atoms with Gasteiger partial charge in [-0.15, -0.1) is 0 Å². The zero-order valence-corrected chi connectivity index (χ0v) is 17.0. The van der Waals surface area contributed by atoms with Crippen molar-refractivity contribution >= 4 is 17.4 Å². The summed E-state index contributed by atoms with van der Waals surface area (Å²) in [6.07, 6.45) is 2.07. The van der Waals surface area contributed by atoms with Gasteiger partial charge in [0.25, 0.3) is 5.69 Å². The minimum absolute atomic E-state index is 0.322. The third kappa shape index (κ3) is 4.65. The lowest BCUT2D eigenvalue weighted by atomic mass is 10.1. The molecular weight excluding hydrogens is 418 g/mol. The van der Waals surface area contributed by atoms with E-state index in [0.717, 1.165) is 37.4 Å². The third-order valence-electron chi connectivity index (χ3n) is 4.95. The molecule has 3 rings (SSSR count). The molecule has 1 aliphatic rings. The minimum atomic E-state index is -3.25. The molecule has 0 amide bonds. The third-order valence-corrected chi connectivity index (χ3v) is 4.95. The normalized spacial score (nSPS) is 13.2. The quantitative estimate of drug-likeness (QED) is 0.252. The molecule has 31 heavy (non-hydrogen) atoms. The van der Waals surface area contributed by atoms with Crippen LogP contribution in [0.4, 0.5) is 14.5 Å². The topological polar surface area (TPSA) is 110 Å². The molecule has 1 saturated carbocycles. The SMILES string of the molecule is COc1cc(C(=O)OCC(=O)c2cc(C)n(C3CC3)c2C)c([N+](=O)[O-])cc1OC(F)F. The zero-order valence-electron chi connectivity index (χ0n) is 17.0. The summed E-state index contributed by atoms with van der Waals surface area (Å²) >= 11 is 0. The molecule has 1 aromatic carbocycles. The van der Waals surface area contributed by atoms with E-state index in [2.05, 4.69) is 9.30 Å². The van der Waals surface area contributed by atoms with E-state index in [1.54, 1.807) is 13.0 Å². The molecule has 1 aromatic heterocycles. The number of aromatic nitrogens is 1. The van der Waals surface area contributed by atoms with Crippen molar-refractivity contribution in [2.75, 3.05) is 13.7 Å². The Morgan fingerprint density at radius 1 is 1.19 bits per heavy atom. The van der Waals surface area contributed by atoms with E-state index in [9.17, 15) is 28.5 Å². The number of hydrogen-bond acceptors (Lipinski definition) is 7. The van der Waals surface area contributed by atoms with E-state index in [1.165, 1.54) is 0 Å². The van der Waals surface area contributed by atoms with Gasteiger partial charge in [-0.1, -0.05) is 0 Å². The number of nitro groups is 1. The Morgan fingerprint density at radius 3 is 2.42 bits per heavy atom. The smallest absolute Gasteiger partial charge is 0.387 e. The van der Waals surface area contributed by atoms with Crippen LogP contribution in [0, 0.1) is 24.0 Å². The first kappa shape index (κ1) is 22.2. The highest BCUT2D eigenvalue weighted by atomic mass is 19.3. The number of ketones is 1. The van der Waals surface area contributed by atoms with Crippen LogP contribution >= 0.6 is 0 Å². The molecule has 2 aromatic rings. The van der Waals surface area contributed by atoms with Gasteiger partial charge in [-0.2, -0.15) is 8.78 Å². The first-order valence-electron chi connectivity index (χ1n) is 9.34. The molecule has 166 valence electrons. The van der Waals surface area contributed by atoms with Gasteiger partial charge in [-0.05, 0) is 32.8 Å². The number of nitro benzene ring substituents is 1. The maximum Gasteiger partial charge on any atom is 0.387 e. The number of benzene rings is 1. The van der Waals surface area contributed by atoms with Gasteiger partial charge in [0, 0.05) is 29.1 Å². The Kier molecular flexibility index (Phi) is 6.23. The van der Waals surface area contributed by atoms with Crippen LogP contribution in [0.3, 0.4) is 0 Å². The molecule has 1 fully saturated rings. The van der Waals surface area contributed by atoms with Crippen LogP contribution < -0.4 is 9.47 Å². The van der Waals surface area contributed by atoms with Crippen molar-refractivity contribution in [3.63, 3.8) is 0 Å². The first-order valence-corrected chi connectivity index (χ1v) is 9.34. The van der Waals surface area contributed by atoms with Crippen molar-refractivity contribution < 1.29 is 37.5 Å². The van der Waals surface area contributed by atoms with Crippen molar-refractivity contribution in [2.45, 2.75) is 39.3 Å². The van der Waals surface area contributed by atoms with Gasteiger partial charge in [-0.3, -0.25) is 14.9 Å². The molecule has 0 N–H and O–H groups in total. The lowest BCUT2D eigenvalue weighted by Crippen LogP contribution is -2.16. The number of esters is 1. The fourth-order valence-electron chi connectivity index (χ4n) is 3.45. The van der Waals surface area contributed by atoms with Gasteiger partial charge >= 0.3 is 12.6 Å². The Balaban J connectivity index is 1.80. The average Bonchev–Trinajstić information content (AvgIpc) is 3.49. The highest BCUT2D eigenvalue weighted by Gasteiger charge is 2.30. The fraction of sp³-hybridized carbons (Fsp3) is 0.400. The summed E-state index contributed by atoms with van der Waals surface area (Å²) in [4.78, 5) is 35.4. The maximum absolute atomic E-state index is 12.6. The number of carbonyl (C=O) groups is 2. The summed E-state index contributed by atoms with van der Waals surface area (Å²) in [6, 6.07) is 3.59. The molecular formula is C20H20F2N2O7. The molecule has 0 atom stereocenters. The number of carbonyl (C=O) groups excluding carboxylic acids is 2. The Bertz CT molecular complexity index is 1040. The molecule has 0 saturated heterocycles. The Labute approximate surface area is 175 Å². The van der Waals surface area contributed by atoms with Crippen LogP contribution in [0.15, 0.2) is 18.2 Å². The number of halogens is 2. The van der Waals surface area contributed by atoms with E-state index in [1.807, 2.05) is 6.92 Å². The summed E-state index contributed by atoms with van der Waals surface area (Å²) < 4.78 is 41.2. The van der Waals surface area contributed by atoms with Gasteiger partial charge < -0.3 is 18.8 Å². The molecule has 1 aliphatic carbocycles. The highest BCUT2D eigenvalue weighted by molar-refractivity contribution is 6.01. The summed E-state index contributed by atoms with van der Waals surface area (Å²) in [7, 11) is 1.12. The second kappa shape index (κ2) is 8.70. The monoisotopic (exact) mass is 438 g/mol. The van der Waals surface area contributed by atoms with Crippen LogP contribution in [-0.2, 0) is 4.74 Å². The van der Waals surface area contributed by atoms with Crippen LogP contribution in [0.1, 0.15) is 51.0 Å². The van der Waals surface area contributed by atoms with Gasteiger partial charge in [0.15, 0.2) is 18.1 Å². The molecule has 11 heteroatoms. The van der Waals surface area contributed by atoms with E-state index in [0.29, 0.717) is 17.7 Å². The van der Waals surface area contributed by atoms with Crippen LogP contribution in [0.2, 0.25) is 0 Å². The van der Waals surface area contributed by atoms with Gasteiger partial charge in [-0.25, -0.2) is 4.79 Å². The predicted octanol–water partition coefficient (Wildman–Crippen LogP) is 4.00. The summed E-state index contributed by atoms with van der Waals surface area (Å²) in [5.41, 5.74) is 0.720. The molecule has 0 radical (unpaired) electrons. The highest BCUT2D eigenvalue weighted by Crippen LogP contribution is 2.39. The number of nitrogens with zero attached hydrogens (tertiary/aromatic N) is 2. The number of Topliss-reactive ketones (excluding diaryl/α,β-unsaturated/α-hetero) is 1. The fourth-order valence-corrected chi connectivity index (χ4v) is 3.45. The Hall–Kier alpha value is -3.50. The van der Waals surface area contributed by atoms with Crippen molar-refractivity contribution in [3.8, 4) is 11.5 Å². The van der Waals surface area contributed by atoms with Gasteiger partial charge in [0.2, 0.25) is 5.78 Å². The molecule has 9 nitrogen and oxygen atoms in total. The number of aryl methyl sites for hydroxylation is 1. The lowest BCUT2D eigenvalue weighted by Gasteiger charge is -2.12. The first-order chi connectivity index (χ1) is 14.6. The maximum atomic E-state index is 12.6. The summed E-state index contributed by atoms with van der Waals surface area (Å²) in [6.45, 7) is -0.203. The van der Waals surface area contributed by atoms with Gasteiger partial charge in [0.1, 0.15) is 5.56 Å². The van der Waals surface area contributed by atoms with Crippen molar-refractivity contribution in [2.24, 2.45) is 0 Å². The van der Waals surface area contributed by atoms with Crippen molar-refractivity contribution in [1.82, 2.24) is 4.57 Å². The Morgan fingerprint density at radius 2 is 1.87 bits per heavy atom. The number of hydrogen-bond donors (Lipinski definition) is 0. The molecule has 0 bridgehead atoms. The largest absolute Gasteiger partial charge is 0.493 e. The number of methoxy groups -OCH3 is 1. The van der Waals surface area contributed by atoms with Gasteiger partial charge in [0.05, 0.1) is 18.1 Å². The van der Waals surface area contributed by atoms with E-state index < -0.39 is 46.9 Å². The molecule has 1 heterocycles. The number of alkyl halides is 2. The second-order valence-electron chi connectivity index (χ2n) is 7.04. The minimum Gasteiger partial charge on any atom is -0.493 e. The average molecular weight is 438 g/mol. The van der Waals surface area contributed by atoms with Crippen LogP contribution in [0.25, 0.3) is 0 Å². The second-order valence-corrected chi connectivity index (χ2v) is 7.04. The zero-order chi connectivity index (χ0) is 22.9. The standard InChI is InChI=1S/C20H20F2N2O7/c1-10-6-13(11(2)23(10)12-4-5-12)16(25)9-30-19(26)14-7-17(29-3)18(31-20(21)22)8-15(14)24(27)28/h6-8,12,20H,4-5,9H2,1-3H3. The van der Waals surface area contributed by atoms with E-state index >= 15 is 0 Å². The molecule has 0 unspecified atom stereocenters. The summed E-state index contributed by atoms with van der Waals surface area (Å²) in [5.74, 6) is -2.56. The van der Waals surface area contributed by atoms with Crippen LogP contribution in [0.5, 0.6) is 11.5 Å². The predicted molar refractivity (Wildman–Crippen MR) is 103 cm³/mol. The van der Waals surface area contributed by atoms with Crippen LogP contribution in [-0.4, -0.2) is 41.6 Å². The van der Waals surface area contributed by atoms with Crippen molar-refractivity contribution in [1.29, 1.82) is 0 Å². The molecule has 0 aliphatic heterocycles. The van der Waals surface area contributed by atoms with E-state index in [4.69, 9.17) is 9.47 Å². The van der Waals surface area contributed by atoms with Crippen molar-refractivity contribution in [3.05, 3.63) is 50.8 Å². The number of ether oxygens (including phenoxy) is 3.